The molecule has 1 aromatic carbocycles. The third-order valence-corrected chi connectivity index (χ3v) is 4.07. The van der Waals surface area contributed by atoms with Crippen LogP contribution in [0.4, 0.5) is 0 Å². The number of aryl methyl sites for hydroxylation is 1. The second-order valence-electron chi connectivity index (χ2n) is 5.13. The van der Waals surface area contributed by atoms with Gasteiger partial charge in [0.15, 0.2) is 0 Å². The summed E-state index contributed by atoms with van der Waals surface area (Å²) in [6.07, 6.45) is 6.78. The van der Waals surface area contributed by atoms with Gasteiger partial charge in [0, 0.05) is 6.04 Å². The van der Waals surface area contributed by atoms with Gasteiger partial charge in [-0.25, -0.2) is 0 Å². The summed E-state index contributed by atoms with van der Waals surface area (Å²) in [6, 6.07) is 9.55. The number of hydrogen-bond donors (Lipinski definition) is 1. The fraction of sp³-hybridized carbons (Fsp3) is 0.625. The van der Waals surface area contributed by atoms with Gasteiger partial charge in [0.1, 0.15) is 0 Å². The maximum absolute atomic E-state index is 3.72. The summed E-state index contributed by atoms with van der Waals surface area (Å²) >= 11 is 0. The molecule has 1 aliphatic rings. The van der Waals surface area contributed by atoms with Crippen molar-refractivity contribution in [3.8, 4) is 0 Å². The van der Waals surface area contributed by atoms with Crippen LogP contribution < -0.4 is 5.32 Å². The van der Waals surface area contributed by atoms with E-state index in [4.69, 9.17) is 0 Å². The second kappa shape index (κ2) is 6.20. The molecule has 0 radical (unpaired) electrons. The van der Waals surface area contributed by atoms with E-state index >= 15 is 0 Å². The van der Waals surface area contributed by atoms with Crippen molar-refractivity contribution < 1.29 is 0 Å². The lowest BCUT2D eigenvalue weighted by atomic mass is 9.88. The third kappa shape index (κ3) is 2.90. The SMILES string of the molecule is CCNC(c1ccccc1CC)C1CCCC1. The Morgan fingerprint density at radius 3 is 2.53 bits per heavy atom. The number of nitrogens with one attached hydrogen (secondary N) is 1. The molecule has 1 aromatic rings. The molecule has 1 atom stereocenters. The number of hydrogen-bond acceptors (Lipinski definition) is 1. The lowest BCUT2D eigenvalue weighted by Crippen LogP contribution is -2.27. The summed E-state index contributed by atoms with van der Waals surface area (Å²) in [7, 11) is 0. The minimum absolute atomic E-state index is 0.582. The molecule has 1 heteroatoms. The number of benzene rings is 1. The van der Waals surface area contributed by atoms with Gasteiger partial charge in [0.05, 0.1) is 0 Å². The van der Waals surface area contributed by atoms with E-state index in [0.717, 1.165) is 18.9 Å². The largest absolute Gasteiger partial charge is 0.310 e. The molecule has 1 fully saturated rings. The standard InChI is InChI=1S/C16H25N/c1-3-13-9-7-8-12-15(13)16(17-4-2)14-10-5-6-11-14/h7-9,12,14,16-17H,3-6,10-11H2,1-2H3. The molecule has 0 heterocycles. The normalized spacial score (nSPS) is 18.5. The van der Waals surface area contributed by atoms with Crippen LogP contribution in [0.5, 0.6) is 0 Å². The first-order valence-corrected chi connectivity index (χ1v) is 7.18. The quantitative estimate of drug-likeness (QED) is 0.805. The van der Waals surface area contributed by atoms with E-state index in [2.05, 4.69) is 43.4 Å². The molecule has 94 valence electrons. The summed E-state index contributed by atoms with van der Waals surface area (Å²) in [5.41, 5.74) is 3.06. The van der Waals surface area contributed by atoms with E-state index in [1.54, 1.807) is 5.56 Å². The van der Waals surface area contributed by atoms with Crippen LogP contribution >= 0.6 is 0 Å². The van der Waals surface area contributed by atoms with Crippen LogP contribution in [-0.2, 0) is 6.42 Å². The molecule has 0 saturated heterocycles. The van der Waals surface area contributed by atoms with Crippen LogP contribution in [0.2, 0.25) is 0 Å². The molecular formula is C16H25N. The summed E-state index contributed by atoms with van der Waals surface area (Å²) in [5.74, 6) is 0.850. The van der Waals surface area contributed by atoms with E-state index in [1.807, 2.05) is 0 Å². The molecule has 0 bridgehead atoms. The molecule has 17 heavy (non-hydrogen) atoms. The van der Waals surface area contributed by atoms with Gasteiger partial charge in [0.2, 0.25) is 0 Å². The fourth-order valence-electron chi connectivity index (χ4n) is 3.20. The zero-order valence-electron chi connectivity index (χ0n) is 11.2. The minimum atomic E-state index is 0.582. The lowest BCUT2D eigenvalue weighted by molar-refractivity contribution is 0.373. The zero-order chi connectivity index (χ0) is 12.1. The monoisotopic (exact) mass is 231 g/mol. The smallest absolute Gasteiger partial charge is 0.0351 e. The average Bonchev–Trinajstić information content (AvgIpc) is 2.89. The molecule has 1 aliphatic carbocycles. The van der Waals surface area contributed by atoms with Crippen LogP contribution in [0.1, 0.15) is 56.7 Å². The molecule has 0 spiro atoms. The molecule has 0 aliphatic heterocycles. The van der Waals surface area contributed by atoms with Crippen molar-refractivity contribution in [1.29, 1.82) is 0 Å². The predicted molar refractivity (Wildman–Crippen MR) is 74.2 cm³/mol. The van der Waals surface area contributed by atoms with E-state index < -0.39 is 0 Å². The molecule has 2 rings (SSSR count). The van der Waals surface area contributed by atoms with E-state index in [1.165, 1.54) is 31.2 Å². The van der Waals surface area contributed by atoms with Crippen molar-refractivity contribution in [2.24, 2.45) is 5.92 Å². The van der Waals surface area contributed by atoms with Crippen molar-refractivity contribution in [2.45, 2.75) is 52.0 Å². The van der Waals surface area contributed by atoms with E-state index in [0.29, 0.717) is 6.04 Å². The van der Waals surface area contributed by atoms with Crippen molar-refractivity contribution in [1.82, 2.24) is 5.32 Å². The van der Waals surface area contributed by atoms with Crippen molar-refractivity contribution >= 4 is 0 Å². The first kappa shape index (κ1) is 12.6. The second-order valence-corrected chi connectivity index (χ2v) is 5.13. The van der Waals surface area contributed by atoms with Gasteiger partial charge in [-0.1, -0.05) is 51.0 Å². The summed E-state index contributed by atoms with van der Waals surface area (Å²) in [5, 5.41) is 3.72. The summed E-state index contributed by atoms with van der Waals surface area (Å²) in [4.78, 5) is 0. The van der Waals surface area contributed by atoms with Crippen LogP contribution in [0.25, 0.3) is 0 Å². The van der Waals surface area contributed by atoms with Gasteiger partial charge in [0.25, 0.3) is 0 Å². The van der Waals surface area contributed by atoms with Crippen LogP contribution in [0.3, 0.4) is 0 Å². The molecule has 1 unspecified atom stereocenters. The van der Waals surface area contributed by atoms with E-state index in [-0.39, 0.29) is 0 Å². The molecule has 0 amide bonds. The highest BCUT2D eigenvalue weighted by Gasteiger charge is 2.26. The topological polar surface area (TPSA) is 12.0 Å². The van der Waals surface area contributed by atoms with Crippen LogP contribution in [0, 0.1) is 5.92 Å². The maximum atomic E-state index is 3.72. The zero-order valence-corrected chi connectivity index (χ0v) is 11.2. The highest BCUT2D eigenvalue weighted by molar-refractivity contribution is 5.30. The lowest BCUT2D eigenvalue weighted by Gasteiger charge is -2.26. The Bertz CT molecular complexity index is 339. The Kier molecular flexibility index (Phi) is 4.61. The highest BCUT2D eigenvalue weighted by atomic mass is 14.9. The molecule has 1 saturated carbocycles. The van der Waals surface area contributed by atoms with Gasteiger partial charge in [-0.3, -0.25) is 0 Å². The maximum Gasteiger partial charge on any atom is 0.0351 e. The van der Waals surface area contributed by atoms with Crippen LogP contribution in [0.15, 0.2) is 24.3 Å². The summed E-state index contributed by atoms with van der Waals surface area (Å²) in [6.45, 7) is 5.55. The van der Waals surface area contributed by atoms with Crippen molar-refractivity contribution in [3.63, 3.8) is 0 Å². The Balaban J connectivity index is 2.24. The minimum Gasteiger partial charge on any atom is -0.310 e. The van der Waals surface area contributed by atoms with Crippen molar-refractivity contribution in [2.75, 3.05) is 6.54 Å². The molecule has 0 aromatic heterocycles. The van der Waals surface area contributed by atoms with Gasteiger partial charge in [-0.15, -0.1) is 0 Å². The first-order chi connectivity index (χ1) is 8.36. The van der Waals surface area contributed by atoms with Crippen LogP contribution in [-0.4, -0.2) is 6.54 Å². The van der Waals surface area contributed by atoms with Gasteiger partial charge in [-0.05, 0) is 42.9 Å². The average molecular weight is 231 g/mol. The predicted octanol–water partition coefficient (Wildman–Crippen LogP) is 4.09. The molecule has 1 nitrogen and oxygen atoms in total. The van der Waals surface area contributed by atoms with Crippen molar-refractivity contribution in [3.05, 3.63) is 35.4 Å². The summed E-state index contributed by atoms with van der Waals surface area (Å²) < 4.78 is 0. The highest BCUT2D eigenvalue weighted by Crippen LogP contribution is 2.36. The Morgan fingerprint density at radius 1 is 1.18 bits per heavy atom. The third-order valence-electron chi connectivity index (χ3n) is 4.07. The fourth-order valence-corrected chi connectivity index (χ4v) is 3.20. The van der Waals surface area contributed by atoms with Gasteiger partial charge >= 0.3 is 0 Å². The van der Waals surface area contributed by atoms with Gasteiger partial charge in [-0.2, -0.15) is 0 Å². The first-order valence-electron chi connectivity index (χ1n) is 7.18. The Morgan fingerprint density at radius 2 is 1.88 bits per heavy atom. The molecule has 1 N–H and O–H groups in total. The van der Waals surface area contributed by atoms with Gasteiger partial charge < -0.3 is 5.32 Å². The van der Waals surface area contributed by atoms with E-state index in [9.17, 15) is 0 Å². The Hall–Kier alpha value is -0.820. The Labute approximate surface area is 106 Å². The number of rotatable bonds is 5. The molecular weight excluding hydrogens is 206 g/mol.